The molecular weight excluding hydrogens is 142 g/mol. The Morgan fingerprint density at radius 3 is 2.64 bits per heavy atom. The first-order chi connectivity index (χ1) is 5.13. The largest absolute Gasteiger partial charge is 0.352 e. The third kappa shape index (κ3) is 8.97. The van der Waals surface area contributed by atoms with Crippen LogP contribution in [0.3, 0.4) is 0 Å². The minimum Gasteiger partial charge on any atom is -0.352 e. The molecule has 0 unspecified atom stereocenters. The molecule has 2 amide bonds. The molecule has 4 heteroatoms. The van der Waals surface area contributed by atoms with Crippen molar-refractivity contribution in [2.24, 2.45) is 5.73 Å². The van der Waals surface area contributed by atoms with E-state index in [1.54, 1.807) is 0 Å². The second-order valence-electron chi connectivity index (χ2n) is 2.42. The van der Waals surface area contributed by atoms with Crippen LogP contribution in [0.25, 0.3) is 0 Å². The van der Waals surface area contributed by atoms with Gasteiger partial charge in [0.1, 0.15) is 0 Å². The molecule has 0 aliphatic rings. The Morgan fingerprint density at radius 2 is 2.18 bits per heavy atom. The van der Waals surface area contributed by atoms with Crippen LogP contribution < -0.4 is 16.4 Å². The zero-order valence-electron chi connectivity index (χ0n) is 6.81. The highest BCUT2D eigenvalue weighted by molar-refractivity contribution is 5.71. The molecule has 0 spiro atoms. The van der Waals surface area contributed by atoms with Crippen LogP contribution in [0.1, 0.15) is 6.92 Å². The van der Waals surface area contributed by atoms with Gasteiger partial charge in [0.15, 0.2) is 0 Å². The number of urea groups is 1. The molecule has 0 aliphatic heterocycles. The highest BCUT2D eigenvalue weighted by Crippen LogP contribution is 1.79. The summed E-state index contributed by atoms with van der Waals surface area (Å²) in [4.78, 5) is 10.2. The van der Waals surface area contributed by atoms with Crippen molar-refractivity contribution >= 4 is 6.03 Å². The number of amides is 2. The SMILES string of the molecule is C=C(C)CNCCNC(N)=O. The van der Waals surface area contributed by atoms with Gasteiger partial charge in [-0.05, 0) is 6.92 Å². The molecule has 0 radical (unpaired) electrons. The van der Waals surface area contributed by atoms with E-state index in [4.69, 9.17) is 5.73 Å². The molecule has 0 fully saturated rings. The summed E-state index contributed by atoms with van der Waals surface area (Å²) in [6.07, 6.45) is 0. The third-order valence-electron chi connectivity index (χ3n) is 1.03. The summed E-state index contributed by atoms with van der Waals surface area (Å²) >= 11 is 0. The van der Waals surface area contributed by atoms with Crippen LogP contribution in [-0.2, 0) is 0 Å². The maximum Gasteiger partial charge on any atom is 0.312 e. The number of primary amides is 1. The predicted molar refractivity (Wildman–Crippen MR) is 45.3 cm³/mol. The molecular formula is C7H15N3O. The van der Waals surface area contributed by atoms with E-state index in [9.17, 15) is 4.79 Å². The second kappa shape index (κ2) is 5.73. The van der Waals surface area contributed by atoms with Gasteiger partial charge in [0, 0.05) is 19.6 Å². The first-order valence-electron chi connectivity index (χ1n) is 3.51. The lowest BCUT2D eigenvalue weighted by Crippen LogP contribution is -2.35. The molecule has 0 bridgehead atoms. The fraction of sp³-hybridized carbons (Fsp3) is 0.571. The lowest BCUT2D eigenvalue weighted by Gasteiger charge is -2.03. The Bertz CT molecular complexity index is 129. The smallest absolute Gasteiger partial charge is 0.312 e. The van der Waals surface area contributed by atoms with Gasteiger partial charge in [-0.15, -0.1) is 0 Å². The zero-order chi connectivity index (χ0) is 8.69. The molecule has 0 rings (SSSR count). The highest BCUT2D eigenvalue weighted by Gasteiger charge is 1.89. The lowest BCUT2D eigenvalue weighted by molar-refractivity contribution is 0.249. The van der Waals surface area contributed by atoms with Gasteiger partial charge >= 0.3 is 6.03 Å². The molecule has 0 heterocycles. The van der Waals surface area contributed by atoms with E-state index >= 15 is 0 Å². The maximum absolute atomic E-state index is 10.2. The topological polar surface area (TPSA) is 67.2 Å². The van der Waals surface area contributed by atoms with Gasteiger partial charge in [0.25, 0.3) is 0 Å². The van der Waals surface area contributed by atoms with Gasteiger partial charge in [0.2, 0.25) is 0 Å². The van der Waals surface area contributed by atoms with E-state index < -0.39 is 6.03 Å². The minimum atomic E-state index is -0.484. The van der Waals surface area contributed by atoms with Gasteiger partial charge in [-0.1, -0.05) is 12.2 Å². The Morgan fingerprint density at radius 1 is 1.55 bits per heavy atom. The Balaban J connectivity index is 3.03. The number of nitrogens with one attached hydrogen (secondary N) is 2. The third-order valence-corrected chi connectivity index (χ3v) is 1.03. The zero-order valence-corrected chi connectivity index (χ0v) is 6.81. The van der Waals surface area contributed by atoms with E-state index in [0.29, 0.717) is 6.54 Å². The average Bonchev–Trinajstić information content (AvgIpc) is 1.85. The van der Waals surface area contributed by atoms with E-state index in [1.165, 1.54) is 0 Å². The summed E-state index contributed by atoms with van der Waals surface area (Å²) in [5, 5.41) is 5.54. The molecule has 0 atom stereocenters. The van der Waals surface area contributed by atoms with Crippen molar-refractivity contribution < 1.29 is 4.79 Å². The minimum absolute atomic E-state index is 0.484. The molecule has 0 saturated heterocycles. The first-order valence-corrected chi connectivity index (χ1v) is 3.51. The summed E-state index contributed by atoms with van der Waals surface area (Å²) < 4.78 is 0. The van der Waals surface area contributed by atoms with Crippen molar-refractivity contribution in [3.05, 3.63) is 12.2 Å². The van der Waals surface area contributed by atoms with Crippen LogP contribution in [0.15, 0.2) is 12.2 Å². The van der Waals surface area contributed by atoms with E-state index in [0.717, 1.165) is 18.7 Å². The number of nitrogens with two attached hydrogens (primary N) is 1. The number of carbonyl (C=O) groups excluding carboxylic acids is 1. The summed E-state index contributed by atoms with van der Waals surface area (Å²) in [5.74, 6) is 0. The quantitative estimate of drug-likeness (QED) is 0.383. The molecule has 0 aromatic rings. The molecule has 4 N–H and O–H groups in total. The fourth-order valence-electron chi connectivity index (χ4n) is 0.576. The molecule has 0 saturated carbocycles. The fourth-order valence-corrected chi connectivity index (χ4v) is 0.576. The van der Waals surface area contributed by atoms with Crippen LogP contribution in [0.5, 0.6) is 0 Å². The molecule has 4 nitrogen and oxygen atoms in total. The van der Waals surface area contributed by atoms with Crippen molar-refractivity contribution in [3.63, 3.8) is 0 Å². The highest BCUT2D eigenvalue weighted by atomic mass is 16.2. The normalized spacial score (nSPS) is 9.18. The van der Waals surface area contributed by atoms with E-state index in [1.807, 2.05) is 6.92 Å². The first kappa shape index (κ1) is 9.97. The Hall–Kier alpha value is -1.03. The standard InChI is InChI=1S/C7H15N3O/c1-6(2)5-9-3-4-10-7(8)11/h9H,1,3-5H2,2H3,(H3,8,10,11). The Labute approximate surface area is 66.8 Å². The lowest BCUT2D eigenvalue weighted by atomic mass is 10.3. The molecule has 0 aromatic heterocycles. The second-order valence-corrected chi connectivity index (χ2v) is 2.42. The molecule has 0 aliphatic carbocycles. The number of hydrogen-bond acceptors (Lipinski definition) is 2. The Kier molecular flexibility index (Phi) is 5.20. The van der Waals surface area contributed by atoms with Crippen LogP contribution in [0, 0.1) is 0 Å². The number of carbonyl (C=O) groups is 1. The molecule has 0 aromatic carbocycles. The van der Waals surface area contributed by atoms with Crippen molar-refractivity contribution in [1.29, 1.82) is 0 Å². The summed E-state index contributed by atoms with van der Waals surface area (Å²) in [5.41, 5.74) is 5.91. The van der Waals surface area contributed by atoms with E-state index in [-0.39, 0.29) is 0 Å². The van der Waals surface area contributed by atoms with Crippen molar-refractivity contribution in [2.45, 2.75) is 6.92 Å². The predicted octanol–water partition coefficient (Wildman–Crippen LogP) is -0.180. The molecule has 11 heavy (non-hydrogen) atoms. The van der Waals surface area contributed by atoms with Gasteiger partial charge in [0.05, 0.1) is 0 Å². The van der Waals surface area contributed by atoms with Crippen molar-refractivity contribution in [2.75, 3.05) is 19.6 Å². The van der Waals surface area contributed by atoms with Crippen LogP contribution in [0.4, 0.5) is 4.79 Å². The van der Waals surface area contributed by atoms with Crippen molar-refractivity contribution in [3.8, 4) is 0 Å². The summed E-state index contributed by atoms with van der Waals surface area (Å²) in [6.45, 7) is 7.71. The van der Waals surface area contributed by atoms with Gasteiger partial charge in [-0.3, -0.25) is 0 Å². The number of rotatable bonds is 5. The van der Waals surface area contributed by atoms with E-state index in [2.05, 4.69) is 17.2 Å². The van der Waals surface area contributed by atoms with Crippen LogP contribution in [0.2, 0.25) is 0 Å². The summed E-state index contributed by atoms with van der Waals surface area (Å²) in [6, 6.07) is -0.484. The van der Waals surface area contributed by atoms with Crippen LogP contribution >= 0.6 is 0 Å². The maximum atomic E-state index is 10.2. The molecule has 64 valence electrons. The summed E-state index contributed by atoms with van der Waals surface area (Å²) in [7, 11) is 0. The van der Waals surface area contributed by atoms with Crippen molar-refractivity contribution in [1.82, 2.24) is 10.6 Å². The monoisotopic (exact) mass is 157 g/mol. The average molecular weight is 157 g/mol. The number of hydrogen-bond donors (Lipinski definition) is 3. The van der Waals surface area contributed by atoms with Gasteiger partial charge < -0.3 is 16.4 Å². The van der Waals surface area contributed by atoms with Crippen LogP contribution in [-0.4, -0.2) is 25.7 Å². The van der Waals surface area contributed by atoms with Gasteiger partial charge in [-0.25, -0.2) is 4.79 Å². The van der Waals surface area contributed by atoms with Gasteiger partial charge in [-0.2, -0.15) is 0 Å².